The molecule has 0 aliphatic carbocycles. The van der Waals surface area contributed by atoms with E-state index in [9.17, 15) is 18.9 Å². The second-order valence-corrected chi connectivity index (χ2v) is 4.55. The Morgan fingerprint density at radius 2 is 2.00 bits per heavy atom. The van der Waals surface area contributed by atoms with E-state index in [0.717, 1.165) is 18.2 Å². The molecule has 0 spiro atoms. The summed E-state index contributed by atoms with van der Waals surface area (Å²) < 4.78 is 31.9. The van der Waals surface area contributed by atoms with Gasteiger partial charge >= 0.3 is 5.88 Å². The summed E-state index contributed by atoms with van der Waals surface area (Å²) in [4.78, 5) is 9.73. The molecule has 0 saturated carbocycles. The first kappa shape index (κ1) is 13.6. The molecule has 1 unspecified atom stereocenters. The standard InChI is InChI=1S/C11H7BrF2N2O3/c12-6-4-7(13)5(3-8(6)14)11(15)9-1-2-10(19-9)16(17)18/h1-4,11H,15H2. The molecule has 0 bridgehead atoms. The molecule has 1 aromatic heterocycles. The minimum atomic E-state index is -1.13. The van der Waals surface area contributed by atoms with Crippen LogP contribution in [0.15, 0.2) is 33.2 Å². The molecule has 0 radical (unpaired) electrons. The summed E-state index contributed by atoms with van der Waals surface area (Å²) in [6, 6.07) is 3.07. The van der Waals surface area contributed by atoms with Crippen molar-refractivity contribution in [3.05, 3.63) is 61.8 Å². The van der Waals surface area contributed by atoms with Gasteiger partial charge in [-0.05, 0) is 34.1 Å². The van der Waals surface area contributed by atoms with Crippen LogP contribution in [0, 0.1) is 21.7 Å². The van der Waals surface area contributed by atoms with Gasteiger partial charge in [-0.25, -0.2) is 8.78 Å². The van der Waals surface area contributed by atoms with Crippen molar-refractivity contribution in [2.24, 2.45) is 5.73 Å². The molecule has 0 amide bonds. The molecule has 0 aliphatic heterocycles. The van der Waals surface area contributed by atoms with Crippen LogP contribution in [-0.2, 0) is 0 Å². The maximum atomic E-state index is 13.7. The molecule has 19 heavy (non-hydrogen) atoms. The Bertz CT molecular complexity index is 645. The number of halogens is 3. The van der Waals surface area contributed by atoms with Crippen molar-refractivity contribution in [3.8, 4) is 0 Å². The van der Waals surface area contributed by atoms with E-state index in [1.807, 2.05) is 0 Å². The smallest absolute Gasteiger partial charge is 0.404 e. The van der Waals surface area contributed by atoms with E-state index in [0.29, 0.717) is 0 Å². The van der Waals surface area contributed by atoms with Gasteiger partial charge in [-0.15, -0.1) is 0 Å². The lowest BCUT2D eigenvalue weighted by molar-refractivity contribution is -0.402. The Morgan fingerprint density at radius 1 is 1.32 bits per heavy atom. The van der Waals surface area contributed by atoms with Crippen molar-refractivity contribution in [1.82, 2.24) is 0 Å². The molecule has 2 aromatic rings. The van der Waals surface area contributed by atoms with Crippen LogP contribution < -0.4 is 5.73 Å². The van der Waals surface area contributed by atoms with Gasteiger partial charge in [0.1, 0.15) is 22.3 Å². The molecular formula is C11H7BrF2N2O3. The van der Waals surface area contributed by atoms with Crippen LogP contribution in [-0.4, -0.2) is 4.92 Å². The normalized spacial score (nSPS) is 12.4. The van der Waals surface area contributed by atoms with Gasteiger partial charge in [0.2, 0.25) is 0 Å². The van der Waals surface area contributed by atoms with Crippen LogP contribution in [0.2, 0.25) is 0 Å². The maximum Gasteiger partial charge on any atom is 0.433 e. The van der Waals surface area contributed by atoms with E-state index in [-0.39, 0.29) is 15.8 Å². The molecule has 0 fully saturated rings. The van der Waals surface area contributed by atoms with E-state index < -0.39 is 28.5 Å². The summed E-state index contributed by atoms with van der Waals surface area (Å²) in [6.07, 6.45) is 0. The predicted molar refractivity (Wildman–Crippen MR) is 65.5 cm³/mol. The van der Waals surface area contributed by atoms with Crippen molar-refractivity contribution in [3.63, 3.8) is 0 Å². The third kappa shape index (κ3) is 2.64. The predicted octanol–water partition coefficient (Wildman–Crippen LogP) is 3.28. The molecule has 1 atom stereocenters. The zero-order valence-corrected chi connectivity index (χ0v) is 10.9. The third-order valence-electron chi connectivity index (χ3n) is 2.47. The molecule has 2 rings (SSSR count). The Balaban J connectivity index is 2.40. The van der Waals surface area contributed by atoms with Crippen molar-refractivity contribution in [1.29, 1.82) is 0 Å². The van der Waals surface area contributed by atoms with Gasteiger partial charge in [0.15, 0.2) is 0 Å². The highest BCUT2D eigenvalue weighted by molar-refractivity contribution is 9.10. The Labute approximate surface area is 114 Å². The van der Waals surface area contributed by atoms with Crippen molar-refractivity contribution in [2.75, 3.05) is 0 Å². The van der Waals surface area contributed by atoms with Crippen molar-refractivity contribution >= 4 is 21.8 Å². The topological polar surface area (TPSA) is 82.3 Å². The van der Waals surface area contributed by atoms with Crippen LogP contribution in [0.3, 0.4) is 0 Å². The fourth-order valence-electron chi connectivity index (χ4n) is 1.54. The monoisotopic (exact) mass is 332 g/mol. The van der Waals surface area contributed by atoms with Crippen molar-refractivity contribution < 1.29 is 18.1 Å². The molecule has 1 aromatic carbocycles. The number of rotatable bonds is 3. The van der Waals surface area contributed by atoms with Gasteiger partial charge in [-0.2, -0.15) is 0 Å². The first-order valence-electron chi connectivity index (χ1n) is 5.04. The quantitative estimate of drug-likeness (QED) is 0.531. The molecule has 5 nitrogen and oxygen atoms in total. The lowest BCUT2D eigenvalue weighted by atomic mass is 10.0. The number of hydrogen-bond acceptors (Lipinski definition) is 4. The van der Waals surface area contributed by atoms with Gasteiger partial charge in [0, 0.05) is 5.56 Å². The Kier molecular flexibility index (Phi) is 3.63. The number of nitrogens with two attached hydrogens (primary N) is 1. The second-order valence-electron chi connectivity index (χ2n) is 3.70. The van der Waals surface area contributed by atoms with Crippen molar-refractivity contribution in [2.45, 2.75) is 6.04 Å². The fraction of sp³-hybridized carbons (Fsp3) is 0.0909. The van der Waals surface area contributed by atoms with Crippen LogP contribution in [0.4, 0.5) is 14.7 Å². The van der Waals surface area contributed by atoms with E-state index >= 15 is 0 Å². The third-order valence-corrected chi connectivity index (χ3v) is 3.08. The highest BCUT2D eigenvalue weighted by atomic mass is 79.9. The van der Waals surface area contributed by atoms with Crippen LogP contribution in [0.5, 0.6) is 0 Å². The summed E-state index contributed by atoms with van der Waals surface area (Å²) in [5.41, 5.74) is 5.56. The lowest BCUT2D eigenvalue weighted by Crippen LogP contribution is -2.13. The highest BCUT2D eigenvalue weighted by Crippen LogP contribution is 2.29. The summed E-state index contributed by atoms with van der Waals surface area (Å²) in [7, 11) is 0. The molecule has 100 valence electrons. The zero-order valence-electron chi connectivity index (χ0n) is 9.27. The molecule has 1 heterocycles. The Morgan fingerprint density at radius 3 is 2.58 bits per heavy atom. The summed E-state index contributed by atoms with van der Waals surface area (Å²) in [5, 5.41) is 10.5. The number of benzene rings is 1. The average Bonchev–Trinajstić information content (AvgIpc) is 2.82. The van der Waals surface area contributed by atoms with Crippen LogP contribution in [0.25, 0.3) is 0 Å². The molecule has 0 aliphatic rings. The molecule has 0 saturated heterocycles. The first-order valence-corrected chi connectivity index (χ1v) is 5.83. The van der Waals surface area contributed by atoms with E-state index in [1.165, 1.54) is 6.07 Å². The highest BCUT2D eigenvalue weighted by Gasteiger charge is 2.22. The minimum Gasteiger partial charge on any atom is -0.404 e. The number of furan rings is 1. The fourth-order valence-corrected chi connectivity index (χ4v) is 1.85. The average molecular weight is 333 g/mol. The minimum absolute atomic E-state index is 0.0210. The second kappa shape index (κ2) is 5.06. The van der Waals surface area contributed by atoms with Gasteiger partial charge in [0.05, 0.1) is 16.6 Å². The summed E-state index contributed by atoms with van der Waals surface area (Å²) >= 11 is 2.84. The zero-order chi connectivity index (χ0) is 14.2. The lowest BCUT2D eigenvalue weighted by Gasteiger charge is -2.10. The summed E-state index contributed by atoms with van der Waals surface area (Å²) in [6.45, 7) is 0. The van der Waals surface area contributed by atoms with Gasteiger partial charge in [-0.3, -0.25) is 10.1 Å². The maximum absolute atomic E-state index is 13.7. The van der Waals surface area contributed by atoms with E-state index in [4.69, 9.17) is 10.2 Å². The van der Waals surface area contributed by atoms with Crippen LogP contribution in [0.1, 0.15) is 17.4 Å². The summed E-state index contributed by atoms with van der Waals surface area (Å²) in [5.74, 6) is -1.96. The molecule has 8 heteroatoms. The molecule has 2 N–H and O–H groups in total. The van der Waals surface area contributed by atoms with Gasteiger partial charge < -0.3 is 10.2 Å². The number of nitro groups is 1. The van der Waals surface area contributed by atoms with Crippen LogP contribution >= 0.6 is 15.9 Å². The van der Waals surface area contributed by atoms with E-state index in [2.05, 4.69) is 15.9 Å². The van der Waals surface area contributed by atoms with Gasteiger partial charge in [-0.1, -0.05) is 0 Å². The Hall–Kier alpha value is -1.80. The SMILES string of the molecule is NC(c1ccc([N+](=O)[O-])o1)c1cc(F)c(Br)cc1F. The molecular weight excluding hydrogens is 326 g/mol. The first-order chi connectivity index (χ1) is 8.90. The largest absolute Gasteiger partial charge is 0.433 e. The number of hydrogen-bond donors (Lipinski definition) is 1. The van der Waals surface area contributed by atoms with Gasteiger partial charge in [0.25, 0.3) is 0 Å². The number of nitrogens with zero attached hydrogens (tertiary/aromatic N) is 1. The van der Waals surface area contributed by atoms with E-state index in [1.54, 1.807) is 0 Å².